The average molecular weight is 283 g/mol. The molecule has 8 heteroatoms. The van der Waals surface area contributed by atoms with E-state index in [0.717, 1.165) is 4.90 Å². The fourth-order valence-corrected chi connectivity index (χ4v) is 1.92. The van der Waals surface area contributed by atoms with Crippen molar-refractivity contribution in [1.29, 1.82) is 0 Å². The number of nitrogens with two attached hydrogens (primary N) is 1. The number of nitrogens with zero attached hydrogens (tertiary/aromatic N) is 1. The number of primary amides is 1. The molecule has 0 aliphatic carbocycles. The van der Waals surface area contributed by atoms with E-state index in [-0.39, 0.29) is 5.75 Å². The fraction of sp³-hybridized carbons (Fsp3) is 0.273. The van der Waals surface area contributed by atoms with Crippen LogP contribution in [0.3, 0.4) is 0 Å². The predicted octanol–water partition coefficient (Wildman–Crippen LogP) is -0.382. The van der Waals surface area contributed by atoms with E-state index in [1.807, 2.05) is 0 Å². The van der Waals surface area contributed by atoms with Crippen LogP contribution in [0.1, 0.15) is 6.42 Å². The Bertz CT molecular complexity index is 466. The number of carboxylic acids is 1. The second-order valence-electron chi connectivity index (χ2n) is 3.60. The lowest BCUT2D eigenvalue weighted by Crippen LogP contribution is -2.44. The lowest BCUT2D eigenvalue weighted by Gasteiger charge is -2.12. The number of aliphatic carboxylic acids is 1. The normalized spacial score (nSPS) is 11.6. The van der Waals surface area contributed by atoms with Crippen LogP contribution >= 0.6 is 11.8 Å². The molecular weight excluding hydrogens is 270 g/mol. The highest BCUT2D eigenvalue weighted by Crippen LogP contribution is 2.15. The number of carbonyl (C=O) groups is 3. The van der Waals surface area contributed by atoms with E-state index in [1.165, 1.54) is 11.8 Å². The van der Waals surface area contributed by atoms with E-state index in [2.05, 4.69) is 10.3 Å². The van der Waals surface area contributed by atoms with Crippen LogP contribution in [0.25, 0.3) is 0 Å². The molecule has 7 nitrogen and oxygen atoms in total. The molecule has 0 unspecified atom stereocenters. The van der Waals surface area contributed by atoms with Crippen molar-refractivity contribution in [1.82, 2.24) is 10.3 Å². The summed E-state index contributed by atoms with van der Waals surface area (Å²) in [5, 5.41) is 11.1. The van der Waals surface area contributed by atoms with Crippen LogP contribution in [0, 0.1) is 0 Å². The van der Waals surface area contributed by atoms with Gasteiger partial charge in [-0.15, -0.1) is 11.8 Å². The molecule has 0 aliphatic heterocycles. The first-order valence-electron chi connectivity index (χ1n) is 5.32. The van der Waals surface area contributed by atoms with Gasteiger partial charge in [-0.2, -0.15) is 0 Å². The minimum absolute atomic E-state index is 0.0482. The van der Waals surface area contributed by atoms with Crippen molar-refractivity contribution in [2.75, 3.05) is 5.75 Å². The van der Waals surface area contributed by atoms with Crippen molar-refractivity contribution in [3.63, 3.8) is 0 Å². The van der Waals surface area contributed by atoms with Gasteiger partial charge in [-0.3, -0.25) is 14.6 Å². The lowest BCUT2D eigenvalue weighted by molar-refractivity contribution is -0.143. The maximum atomic E-state index is 11.5. The predicted molar refractivity (Wildman–Crippen MR) is 68.3 cm³/mol. The van der Waals surface area contributed by atoms with Gasteiger partial charge in [-0.25, -0.2) is 4.79 Å². The van der Waals surface area contributed by atoms with E-state index >= 15 is 0 Å². The Morgan fingerprint density at radius 1 is 1.37 bits per heavy atom. The zero-order valence-electron chi connectivity index (χ0n) is 9.91. The first-order chi connectivity index (χ1) is 8.99. The molecule has 19 heavy (non-hydrogen) atoms. The zero-order valence-corrected chi connectivity index (χ0v) is 10.7. The number of carbonyl (C=O) groups excluding carboxylic acids is 2. The molecule has 0 spiro atoms. The van der Waals surface area contributed by atoms with Gasteiger partial charge in [0.25, 0.3) is 0 Å². The molecule has 0 fully saturated rings. The summed E-state index contributed by atoms with van der Waals surface area (Å²) in [5.74, 6) is -2.50. The minimum Gasteiger partial charge on any atom is -0.480 e. The first kappa shape index (κ1) is 15.0. The van der Waals surface area contributed by atoms with Crippen LogP contribution in [0.5, 0.6) is 0 Å². The third-order valence-electron chi connectivity index (χ3n) is 2.06. The van der Waals surface area contributed by atoms with Crippen molar-refractivity contribution in [3.8, 4) is 0 Å². The van der Waals surface area contributed by atoms with Crippen molar-refractivity contribution < 1.29 is 19.5 Å². The highest BCUT2D eigenvalue weighted by molar-refractivity contribution is 8.00. The quantitative estimate of drug-likeness (QED) is 0.586. The Morgan fingerprint density at radius 3 is 2.53 bits per heavy atom. The number of nitrogens with one attached hydrogen (secondary N) is 1. The van der Waals surface area contributed by atoms with Gasteiger partial charge in [-0.1, -0.05) is 0 Å². The Hall–Kier alpha value is -2.09. The molecule has 2 amide bonds. The molecule has 1 heterocycles. The summed E-state index contributed by atoms with van der Waals surface area (Å²) in [7, 11) is 0. The fourth-order valence-electron chi connectivity index (χ4n) is 1.22. The topological polar surface area (TPSA) is 122 Å². The summed E-state index contributed by atoms with van der Waals surface area (Å²) in [6.45, 7) is 0. The molecule has 1 rings (SSSR count). The number of carboxylic acid groups (broad SMARTS) is 1. The zero-order chi connectivity index (χ0) is 14.3. The third-order valence-corrected chi connectivity index (χ3v) is 3.07. The van der Waals surface area contributed by atoms with Gasteiger partial charge in [0.05, 0.1) is 12.2 Å². The van der Waals surface area contributed by atoms with E-state index < -0.39 is 30.2 Å². The van der Waals surface area contributed by atoms with Gasteiger partial charge in [0, 0.05) is 17.3 Å². The summed E-state index contributed by atoms with van der Waals surface area (Å²) in [5.41, 5.74) is 4.91. The smallest absolute Gasteiger partial charge is 0.326 e. The molecule has 102 valence electrons. The van der Waals surface area contributed by atoms with Gasteiger partial charge in [0.1, 0.15) is 6.04 Å². The average Bonchev–Trinajstić information content (AvgIpc) is 2.36. The van der Waals surface area contributed by atoms with Crippen LogP contribution in [-0.4, -0.2) is 39.7 Å². The molecule has 1 aromatic rings. The highest BCUT2D eigenvalue weighted by Gasteiger charge is 2.21. The van der Waals surface area contributed by atoms with E-state index in [0.29, 0.717) is 0 Å². The number of rotatable bonds is 7. The van der Waals surface area contributed by atoms with Gasteiger partial charge in [0.2, 0.25) is 11.8 Å². The number of hydrogen-bond donors (Lipinski definition) is 3. The maximum absolute atomic E-state index is 11.5. The van der Waals surface area contributed by atoms with Gasteiger partial charge in [0.15, 0.2) is 0 Å². The monoisotopic (exact) mass is 283 g/mol. The van der Waals surface area contributed by atoms with Crippen molar-refractivity contribution >= 4 is 29.5 Å². The number of hydrogen-bond acceptors (Lipinski definition) is 5. The summed E-state index contributed by atoms with van der Waals surface area (Å²) in [4.78, 5) is 37.7. The van der Waals surface area contributed by atoms with Crippen LogP contribution in [-0.2, 0) is 14.4 Å². The molecular formula is C11H13N3O4S. The second-order valence-corrected chi connectivity index (χ2v) is 4.65. The summed E-state index contributed by atoms with van der Waals surface area (Å²) >= 11 is 1.24. The molecule has 1 atom stereocenters. The van der Waals surface area contributed by atoms with Crippen molar-refractivity contribution in [2.24, 2.45) is 5.73 Å². The SMILES string of the molecule is NC(=O)C[C@H](NC(=O)CSc1ccncc1)C(=O)O. The van der Waals surface area contributed by atoms with E-state index in [4.69, 9.17) is 10.8 Å². The van der Waals surface area contributed by atoms with Crippen LogP contribution in [0.15, 0.2) is 29.4 Å². The van der Waals surface area contributed by atoms with Crippen LogP contribution in [0.2, 0.25) is 0 Å². The number of thioether (sulfide) groups is 1. The van der Waals surface area contributed by atoms with Gasteiger partial charge < -0.3 is 16.2 Å². The first-order valence-corrected chi connectivity index (χ1v) is 6.31. The Morgan fingerprint density at radius 2 is 2.00 bits per heavy atom. The van der Waals surface area contributed by atoms with Crippen LogP contribution in [0.4, 0.5) is 0 Å². The largest absolute Gasteiger partial charge is 0.480 e. The minimum atomic E-state index is -1.29. The molecule has 1 aromatic heterocycles. The Balaban J connectivity index is 2.45. The number of amides is 2. The van der Waals surface area contributed by atoms with Gasteiger partial charge in [-0.05, 0) is 12.1 Å². The van der Waals surface area contributed by atoms with Gasteiger partial charge >= 0.3 is 5.97 Å². The molecule has 0 radical (unpaired) electrons. The highest BCUT2D eigenvalue weighted by atomic mass is 32.2. The second kappa shape index (κ2) is 7.37. The van der Waals surface area contributed by atoms with E-state index in [9.17, 15) is 14.4 Å². The van der Waals surface area contributed by atoms with Crippen molar-refractivity contribution in [2.45, 2.75) is 17.4 Å². The molecule has 0 aromatic carbocycles. The molecule has 0 aliphatic rings. The van der Waals surface area contributed by atoms with E-state index in [1.54, 1.807) is 24.5 Å². The molecule has 0 saturated heterocycles. The Labute approximate surface area is 113 Å². The molecule has 4 N–H and O–H groups in total. The third kappa shape index (κ3) is 5.87. The van der Waals surface area contributed by atoms with Crippen molar-refractivity contribution in [3.05, 3.63) is 24.5 Å². The number of aromatic nitrogens is 1. The summed E-state index contributed by atoms with van der Waals surface area (Å²) in [6.07, 6.45) is 2.75. The lowest BCUT2D eigenvalue weighted by atomic mass is 10.2. The number of pyridine rings is 1. The standard InChI is InChI=1S/C11H13N3O4S/c12-9(15)5-8(11(17)18)14-10(16)6-19-7-1-3-13-4-2-7/h1-4,8H,5-6H2,(H2,12,15)(H,14,16)(H,17,18)/t8-/m0/s1. The summed E-state index contributed by atoms with van der Waals surface area (Å²) < 4.78 is 0. The Kier molecular flexibility index (Phi) is 5.80. The van der Waals surface area contributed by atoms with Crippen LogP contribution < -0.4 is 11.1 Å². The summed E-state index contributed by atoms with van der Waals surface area (Å²) in [6, 6.07) is 2.18. The molecule has 0 saturated carbocycles. The molecule has 0 bridgehead atoms. The maximum Gasteiger partial charge on any atom is 0.326 e.